The molecule has 0 bridgehead atoms. The summed E-state index contributed by atoms with van der Waals surface area (Å²) in [6, 6.07) is 5.00. The van der Waals surface area contributed by atoms with E-state index >= 15 is 0 Å². The Labute approximate surface area is 74.0 Å². The van der Waals surface area contributed by atoms with Crippen LogP contribution < -0.4 is 10.5 Å². The third kappa shape index (κ3) is 2.43. The second-order valence-electron chi connectivity index (χ2n) is 2.12. The minimum Gasteiger partial charge on any atom is -0.618 e. The summed E-state index contributed by atoms with van der Waals surface area (Å²) in [5.41, 5.74) is 4.92. The number of nitrogens with two attached hydrogens (primary N) is 1. The van der Waals surface area contributed by atoms with Crippen LogP contribution in [0.1, 0.15) is 0 Å². The molecule has 64 valence electrons. The van der Waals surface area contributed by atoms with E-state index in [1.807, 2.05) is 0 Å². The zero-order valence-electron chi connectivity index (χ0n) is 6.27. The molecule has 1 heterocycles. The van der Waals surface area contributed by atoms with Crippen molar-refractivity contribution in [3.8, 4) is 0 Å². The SMILES string of the molecule is NC(=O)CSc1cccc[n+]1[O-]. The minimum atomic E-state index is -0.427. The highest BCUT2D eigenvalue weighted by Crippen LogP contribution is 2.10. The van der Waals surface area contributed by atoms with Gasteiger partial charge >= 0.3 is 0 Å². The Hall–Kier alpha value is -1.23. The molecule has 0 aliphatic carbocycles. The molecule has 0 aromatic carbocycles. The summed E-state index contributed by atoms with van der Waals surface area (Å²) in [5, 5.41) is 11.5. The van der Waals surface area contributed by atoms with Crippen molar-refractivity contribution in [2.45, 2.75) is 5.03 Å². The Kier molecular flexibility index (Phi) is 2.93. The van der Waals surface area contributed by atoms with Gasteiger partial charge in [-0.3, -0.25) is 4.79 Å². The monoisotopic (exact) mass is 184 g/mol. The molecule has 1 aromatic rings. The molecule has 2 N–H and O–H groups in total. The lowest BCUT2D eigenvalue weighted by Crippen LogP contribution is -2.28. The van der Waals surface area contributed by atoms with Crippen LogP contribution >= 0.6 is 11.8 Å². The average molecular weight is 184 g/mol. The second kappa shape index (κ2) is 3.96. The molecule has 0 atom stereocenters. The zero-order chi connectivity index (χ0) is 8.97. The lowest BCUT2D eigenvalue weighted by Gasteiger charge is -2.00. The van der Waals surface area contributed by atoms with Gasteiger partial charge in [-0.25, -0.2) is 0 Å². The molecule has 0 saturated carbocycles. The summed E-state index contributed by atoms with van der Waals surface area (Å²) in [6.45, 7) is 0. The van der Waals surface area contributed by atoms with Gasteiger partial charge in [-0.2, -0.15) is 4.73 Å². The van der Waals surface area contributed by atoms with Gasteiger partial charge in [0.05, 0.1) is 5.75 Å². The van der Waals surface area contributed by atoms with Crippen molar-refractivity contribution >= 4 is 17.7 Å². The average Bonchev–Trinajstić information content (AvgIpc) is 2.03. The Morgan fingerprint density at radius 1 is 1.67 bits per heavy atom. The predicted molar refractivity (Wildman–Crippen MR) is 45.3 cm³/mol. The first kappa shape index (κ1) is 8.86. The van der Waals surface area contributed by atoms with Crippen molar-refractivity contribution < 1.29 is 9.52 Å². The Balaban J connectivity index is 2.63. The van der Waals surface area contributed by atoms with Gasteiger partial charge in [0.15, 0.2) is 6.20 Å². The Morgan fingerprint density at radius 2 is 2.42 bits per heavy atom. The molecule has 1 aromatic heterocycles. The fourth-order valence-electron chi connectivity index (χ4n) is 0.669. The maximum absolute atomic E-state index is 11.0. The first-order valence-electron chi connectivity index (χ1n) is 3.29. The number of nitrogens with zero attached hydrogens (tertiary/aromatic N) is 1. The number of hydrogen-bond acceptors (Lipinski definition) is 3. The number of rotatable bonds is 3. The molecule has 0 saturated heterocycles. The van der Waals surface area contributed by atoms with Crippen molar-refractivity contribution in [2.75, 3.05) is 5.75 Å². The molecule has 0 aliphatic heterocycles. The number of hydrogen-bond donors (Lipinski definition) is 1. The van der Waals surface area contributed by atoms with Crippen LogP contribution in [0.15, 0.2) is 29.4 Å². The fraction of sp³-hybridized carbons (Fsp3) is 0.143. The summed E-state index contributed by atoms with van der Waals surface area (Å²) in [5.74, 6) is -0.296. The van der Waals surface area contributed by atoms with Crippen LogP contribution in [0.2, 0.25) is 0 Å². The lowest BCUT2D eigenvalue weighted by atomic mass is 10.5. The fourth-order valence-corrected chi connectivity index (χ4v) is 1.32. The molecule has 0 aliphatic rings. The Morgan fingerprint density at radius 3 is 3.00 bits per heavy atom. The van der Waals surface area contributed by atoms with Gasteiger partial charge in [0.1, 0.15) is 0 Å². The predicted octanol–water partition coefficient (Wildman–Crippen LogP) is -0.103. The highest BCUT2D eigenvalue weighted by atomic mass is 32.2. The number of aromatic nitrogens is 1. The van der Waals surface area contributed by atoms with Crippen LogP contribution in [-0.2, 0) is 4.79 Å². The molecule has 12 heavy (non-hydrogen) atoms. The van der Waals surface area contributed by atoms with Crippen LogP contribution in [0, 0.1) is 5.21 Å². The summed E-state index contributed by atoms with van der Waals surface area (Å²) in [6.07, 6.45) is 1.38. The molecule has 0 spiro atoms. The van der Waals surface area contributed by atoms with Gasteiger partial charge in [0.25, 0.3) is 5.03 Å². The van der Waals surface area contributed by atoms with Crippen molar-refractivity contribution in [1.29, 1.82) is 0 Å². The van der Waals surface area contributed by atoms with E-state index < -0.39 is 5.91 Å². The molecule has 1 amide bonds. The van der Waals surface area contributed by atoms with E-state index in [0.717, 1.165) is 11.8 Å². The van der Waals surface area contributed by atoms with E-state index in [0.29, 0.717) is 9.76 Å². The third-order valence-corrected chi connectivity index (χ3v) is 2.19. The summed E-state index contributed by atoms with van der Waals surface area (Å²) < 4.78 is 0.702. The van der Waals surface area contributed by atoms with E-state index in [4.69, 9.17) is 5.73 Å². The Bertz CT molecular complexity index is 290. The van der Waals surface area contributed by atoms with Crippen molar-refractivity contribution in [3.63, 3.8) is 0 Å². The maximum Gasteiger partial charge on any atom is 0.251 e. The van der Waals surface area contributed by atoms with Crippen LogP contribution in [0.25, 0.3) is 0 Å². The smallest absolute Gasteiger partial charge is 0.251 e. The van der Waals surface area contributed by atoms with Crippen molar-refractivity contribution in [3.05, 3.63) is 29.6 Å². The second-order valence-corrected chi connectivity index (χ2v) is 3.12. The minimum absolute atomic E-state index is 0.131. The highest BCUT2D eigenvalue weighted by Gasteiger charge is 2.05. The van der Waals surface area contributed by atoms with E-state index in [-0.39, 0.29) is 5.75 Å². The summed E-state index contributed by atoms with van der Waals surface area (Å²) >= 11 is 1.13. The number of carbonyl (C=O) groups excluding carboxylic acids is 1. The number of pyridine rings is 1. The zero-order valence-corrected chi connectivity index (χ0v) is 7.08. The van der Waals surface area contributed by atoms with Crippen molar-refractivity contribution in [2.24, 2.45) is 5.73 Å². The van der Waals surface area contributed by atoms with Crippen LogP contribution in [0.5, 0.6) is 0 Å². The highest BCUT2D eigenvalue weighted by molar-refractivity contribution is 7.99. The summed E-state index contributed by atoms with van der Waals surface area (Å²) in [4.78, 5) is 10.4. The summed E-state index contributed by atoms with van der Waals surface area (Å²) in [7, 11) is 0. The van der Waals surface area contributed by atoms with E-state index in [9.17, 15) is 10.0 Å². The van der Waals surface area contributed by atoms with Gasteiger partial charge in [0.2, 0.25) is 5.91 Å². The number of carbonyl (C=O) groups is 1. The van der Waals surface area contributed by atoms with E-state index in [1.165, 1.54) is 6.20 Å². The molecular weight excluding hydrogens is 176 g/mol. The molecule has 0 unspecified atom stereocenters. The van der Waals surface area contributed by atoms with Crippen LogP contribution in [-0.4, -0.2) is 11.7 Å². The first-order chi connectivity index (χ1) is 5.70. The van der Waals surface area contributed by atoms with Gasteiger partial charge in [-0.1, -0.05) is 0 Å². The third-order valence-electron chi connectivity index (χ3n) is 1.15. The molecule has 0 radical (unpaired) electrons. The largest absolute Gasteiger partial charge is 0.618 e. The van der Waals surface area contributed by atoms with Crippen molar-refractivity contribution in [1.82, 2.24) is 0 Å². The van der Waals surface area contributed by atoms with E-state index in [1.54, 1.807) is 18.2 Å². The standard InChI is InChI=1S/C7H8N2O2S/c8-6(10)5-12-7-3-1-2-4-9(7)11/h1-4H,5H2,(H2,8,10). The molecule has 5 heteroatoms. The first-order valence-corrected chi connectivity index (χ1v) is 4.28. The van der Waals surface area contributed by atoms with Gasteiger partial charge in [-0.15, -0.1) is 0 Å². The normalized spacial score (nSPS) is 9.67. The van der Waals surface area contributed by atoms with Gasteiger partial charge in [0, 0.05) is 12.1 Å². The van der Waals surface area contributed by atoms with Crippen LogP contribution in [0.4, 0.5) is 0 Å². The molecule has 1 rings (SSSR count). The van der Waals surface area contributed by atoms with Gasteiger partial charge < -0.3 is 10.9 Å². The molecule has 4 nitrogen and oxygen atoms in total. The number of amides is 1. The number of primary amides is 1. The quantitative estimate of drug-likeness (QED) is 0.405. The maximum atomic E-state index is 11.0. The topological polar surface area (TPSA) is 70.0 Å². The van der Waals surface area contributed by atoms with Crippen LogP contribution in [0.3, 0.4) is 0 Å². The lowest BCUT2D eigenvalue weighted by molar-refractivity contribution is -0.645. The van der Waals surface area contributed by atoms with E-state index in [2.05, 4.69) is 0 Å². The van der Waals surface area contributed by atoms with Gasteiger partial charge in [-0.05, 0) is 17.8 Å². The number of thioether (sulfide) groups is 1. The molecular formula is C7H8N2O2S. The molecule has 0 fully saturated rings.